The Bertz CT molecular complexity index is 1270. The van der Waals surface area contributed by atoms with Crippen molar-refractivity contribution in [2.75, 3.05) is 38.2 Å². The Labute approximate surface area is 178 Å². The number of benzene rings is 2. The molecule has 8 heteroatoms. The van der Waals surface area contributed by atoms with Gasteiger partial charge in [-0.05, 0) is 35.9 Å². The number of halogens is 1. The van der Waals surface area contributed by atoms with Crippen LogP contribution >= 0.6 is 0 Å². The molecule has 3 heterocycles. The largest absolute Gasteiger partial charge is 0.508 e. The number of aromatic nitrogens is 3. The number of hydrogen-bond acceptors (Lipinski definition) is 7. The molecule has 2 aromatic carbocycles. The van der Waals surface area contributed by atoms with Gasteiger partial charge in [-0.3, -0.25) is 4.98 Å². The lowest BCUT2D eigenvalue weighted by Gasteiger charge is -2.23. The van der Waals surface area contributed by atoms with Gasteiger partial charge in [0, 0.05) is 31.4 Å². The Kier molecular flexibility index (Phi) is 4.99. The van der Waals surface area contributed by atoms with Gasteiger partial charge in [-0.25, -0.2) is 4.39 Å². The zero-order chi connectivity index (χ0) is 21.4. The normalized spacial score (nSPS) is 14.7. The SMILES string of the molecule is COc1nc(N2CCCNCC2)c2cnc(-c3cc(O)cc4ccccc34)c(F)c2n1. The monoisotopic (exact) mass is 419 g/mol. The highest BCUT2D eigenvalue weighted by Gasteiger charge is 2.22. The number of rotatable bonds is 3. The summed E-state index contributed by atoms with van der Waals surface area (Å²) in [5.41, 5.74) is 0.786. The smallest absolute Gasteiger partial charge is 0.318 e. The second kappa shape index (κ2) is 7.96. The van der Waals surface area contributed by atoms with Crippen LogP contribution in [0.5, 0.6) is 11.8 Å². The number of methoxy groups -OCH3 is 1. The molecule has 5 rings (SSSR count). The van der Waals surface area contributed by atoms with E-state index in [1.54, 1.807) is 12.3 Å². The number of hydrogen-bond donors (Lipinski definition) is 2. The van der Waals surface area contributed by atoms with E-state index in [-0.39, 0.29) is 23.0 Å². The van der Waals surface area contributed by atoms with Crippen LogP contribution in [0.25, 0.3) is 32.9 Å². The third kappa shape index (κ3) is 3.48. The average molecular weight is 419 g/mol. The summed E-state index contributed by atoms with van der Waals surface area (Å²) in [6.45, 7) is 3.29. The first-order valence-electron chi connectivity index (χ1n) is 10.2. The van der Waals surface area contributed by atoms with Crippen LogP contribution in [-0.2, 0) is 0 Å². The minimum Gasteiger partial charge on any atom is -0.508 e. The lowest BCUT2D eigenvalue weighted by Crippen LogP contribution is -2.29. The predicted molar refractivity (Wildman–Crippen MR) is 118 cm³/mol. The van der Waals surface area contributed by atoms with Crippen LogP contribution in [0.2, 0.25) is 0 Å². The molecule has 0 saturated carbocycles. The standard InChI is InChI=1S/C23H22FN5O2/c1-31-23-27-21-18(22(28-23)29-9-4-7-25-8-10-29)13-26-20(19(21)24)17-12-15(30)11-14-5-2-3-6-16(14)17/h2-3,5-6,11-13,25,30H,4,7-10H2,1H3. The number of nitrogens with one attached hydrogen (secondary N) is 1. The lowest BCUT2D eigenvalue weighted by molar-refractivity contribution is 0.381. The Morgan fingerprint density at radius 1 is 1.10 bits per heavy atom. The Morgan fingerprint density at radius 2 is 1.97 bits per heavy atom. The van der Waals surface area contributed by atoms with Crippen molar-refractivity contribution in [2.45, 2.75) is 6.42 Å². The fourth-order valence-corrected chi connectivity index (χ4v) is 4.09. The van der Waals surface area contributed by atoms with Crippen molar-refractivity contribution in [1.82, 2.24) is 20.3 Å². The molecule has 1 aliphatic rings. The van der Waals surface area contributed by atoms with Gasteiger partial charge in [0.2, 0.25) is 0 Å². The van der Waals surface area contributed by atoms with Crippen LogP contribution in [0.1, 0.15) is 6.42 Å². The minimum absolute atomic E-state index is 0.0491. The van der Waals surface area contributed by atoms with Crippen LogP contribution in [-0.4, -0.2) is 53.3 Å². The fraction of sp³-hybridized carbons (Fsp3) is 0.261. The van der Waals surface area contributed by atoms with Crippen LogP contribution < -0.4 is 15.0 Å². The van der Waals surface area contributed by atoms with Gasteiger partial charge < -0.3 is 20.1 Å². The van der Waals surface area contributed by atoms with E-state index in [9.17, 15) is 5.11 Å². The van der Waals surface area contributed by atoms with Crippen molar-refractivity contribution in [2.24, 2.45) is 0 Å². The minimum atomic E-state index is -0.567. The van der Waals surface area contributed by atoms with Crippen molar-refractivity contribution < 1.29 is 14.2 Å². The molecule has 1 aliphatic heterocycles. The summed E-state index contributed by atoms with van der Waals surface area (Å²) in [6.07, 6.45) is 2.57. The van der Waals surface area contributed by atoms with Gasteiger partial charge in [-0.2, -0.15) is 9.97 Å². The summed E-state index contributed by atoms with van der Waals surface area (Å²) in [5.74, 6) is 0.0976. The van der Waals surface area contributed by atoms with Crippen molar-refractivity contribution in [3.05, 3.63) is 48.4 Å². The summed E-state index contributed by atoms with van der Waals surface area (Å²) >= 11 is 0. The molecule has 0 radical (unpaired) electrons. The molecule has 0 aliphatic carbocycles. The van der Waals surface area contributed by atoms with E-state index in [0.29, 0.717) is 16.8 Å². The highest BCUT2D eigenvalue weighted by molar-refractivity contribution is 5.99. The van der Waals surface area contributed by atoms with Gasteiger partial charge in [0.05, 0.1) is 12.5 Å². The molecule has 1 saturated heterocycles. The zero-order valence-electron chi connectivity index (χ0n) is 17.1. The van der Waals surface area contributed by atoms with Gasteiger partial charge in [0.15, 0.2) is 5.82 Å². The molecule has 31 heavy (non-hydrogen) atoms. The molecule has 158 valence electrons. The maximum Gasteiger partial charge on any atom is 0.318 e. The highest BCUT2D eigenvalue weighted by Crippen LogP contribution is 2.36. The molecule has 0 bridgehead atoms. The molecule has 0 atom stereocenters. The topological polar surface area (TPSA) is 83.4 Å². The summed E-state index contributed by atoms with van der Waals surface area (Å²) < 4.78 is 21.1. The van der Waals surface area contributed by atoms with Crippen LogP contribution in [0, 0.1) is 5.82 Å². The quantitative estimate of drug-likeness (QED) is 0.526. The number of phenolic OH excluding ortho intramolecular Hbond substituents is 1. The molecular weight excluding hydrogens is 397 g/mol. The van der Waals surface area contributed by atoms with E-state index in [4.69, 9.17) is 4.74 Å². The van der Waals surface area contributed by atoms with Crippen LogP contribution in [0.15, 0.2) is 42.6 Å². The molecule has 2 N–H and O–H groups in total. The molecular formula is C23H22FN5O2. The molecule has 4 aromatic rings. The Balaban J connectivity index is 1.74. The van der Waals surface area contributed by atoms with E-state index in [1.165, 1.54) is 13.2 Å². The number of anilines is 1. The maximum atomic E-state index is 15.8. The van der Waals surface area contributed by atoms with E-state index in [2.05, 4.69) is 25.2 Å². The molecule has 7 nitrogen and oxygen atoms in total. The second-order valence-corrected chi connectivity index (χ2v) is 7.52. The summed E-state index contributed by atoms with van der Waals surface area (Å²) in [6, 6.07) is 10.8. The number of ether oxygens (including phenoxy) is 1. The summed E-state index contributed by atoms with van der Waals surface area (Å²) in [4.78, 5) is 15.4. The fourth-order valence-electron chi connectivity index (χ4n) is 4.09. The molecule has 1 fully saturated rings. The van der Waals surface area contributed by atoms with Crippen molar-refractivity contribution >= 4 is 27.5 Å². The van der Waals surface area contributed by atoms with E-state index in [0.717, 1.165) is 43.4 Å². The van der Waals surface area contributed by atoms with E-state index < -0.39 is 5.82 Å². The van der Waals surface area contributed by atoms with Gasteiger partial charge >= 0.3 is 6.01 Å². The third-order valence-electron chi connectivity index (χ3n) is 5.57. The van der Waals surface area contributed by atoms with Crippen LogP contribution in [0.3, 0.4) is 0 Å². The molecule has 0 unspecified atom stereocenters. The molecule has 0 spiro atoms. The number of pyridine rings is 1. The van der Waals surface area contributed by atoms with E-state index in [1.807, 2.05) is 24.3 Å². The second-order valence-electron chi connectivity index (χ2n) is 7.52. The Morgan fingerprint density at radius 3 is 2.84 bits per heavy atom. The average Bonchev–Trinajstić information content (AvgIpc) is 3.08. The van der Waals surface area contributed by atoms with Crippen molar-refractivity contribution in [3.8, 4) is 23.0 Å². The summed E-state index contributed by atoms with van der Waals surface area (Å²) in [5, 5.41) is 15.7. The third-order valence-corrected chi connectivity index (χ3v) is 5.57. The lowest BCUT2D eigenvalue weighted by atomic mass is 10.0. The number of aromatic hydroxyl groups is 1. The number of fused-ring (bicyclic) bond motifs is 2. The van der Waals surface area contributed by atoms with Gasteiger partial charge in [0.25, 0.3) is 0 Å². The predicted octanol–water partition coefficient (Wildman–Crippen LogP) is 3.50. The molecule has 2 aromatic heterocycles. The van der Waals surface area contributed by atoms with Gasteiger partial charge in [-0.1, -0.05) is 24.3 Å². The van der Waals surface area contributed by atoms with E-state index >= 15 is 4.39 Å². The van der Waals surface area contributed by atoms with Crippen molar-refractivity contribution in [3.63, 3.8) is 0 Å². The Hall–Kier alpha value is -3.52. The maximum absolute atomic E-state index is 15.8. The number of nitrogens with zero attached hydrogens (tertiary/aromatic N) is 4. The molecule has 0 amide bonds. The number of phenols is 1. The zero-order valence-corrected chi connectivity index (χ0v) is 17.1. The van der Waals surface area contributed by atoms with Crippen molar-refractivity contribution in [1.29, 1.82) is 0 Å². The first kappa shape index (κ1) is 19.4. The van der Waals surface area contributed by atoms with Gasteiger partial charge in [-0.15, -0.1) is 0 Å². The first-order valence-corrected chi connectivity index (χ1v) is 10.2. The highest BCUT2D eigenvalue weighted by atomic mass is 19.1. The first-order chi connectivity index (χ1) is 15.2. The summed E-state index contributed by atoms with van der Waals surface area (Å²) in [7, 11) is 1.47. The van der Waals surface area contributed by atoms with Crippen LogP contribution in [0.4, 0.5) is 10.2 Å². The van der Waals surface area contributed by atoms with Gasteiger partial charge in [0.1, 0.15) is 22.8 Å².